The predicted octanol–water partition coefficient (Wildman–Crippen LogP) is 6.36. The molecule has 7 heteroatoms. The number of thioether (sulfide) groups is 1. The summed E-state index contributed by atoms with van der Waals surface area (Å²) in [5.41, 5.74) is 3.46. The first-order chi connectivity index (χ1) is 19.2. The van der Waals surface area contributed by atoms with E-state index in [0.717, 1.165) is 60.3 Å². The van der Waals surface area contributed by atoms with Crippen LogP contribution < -0.4 is 10.1 Å². The van der Waals surface area contributed by atoms with Crippen molar-refractivity contribution >= 4 is 23.7 Å². The molecule has 202 valence electrons. The Bertz CT molecular complexity index is 1320. The van der Waals surface area contributed by atoms with E-state index in [0.29, 0.717) is 13.0 Å². The molecule has 1 aromatic heterocycles. The van der Waals surface area contributed by atoms with Crippen molar-refractivity contribution in [2.75, 3.05) is 12.9 Å². The smallest absolute Gasteiger partial charge is 0.220 e. The van der Waals surface area contributed by atoms with Gasteiger partial charge in [-0.25, -0.2) is 0 Å². The number of hydrogen-bond acceptors (Lipinski definition) is 5. The summed E-state index contributed by atoms with van der Waals surface area (Å²) in [4.78, 5) is 12.4. The van der Waals surface area contributed by atoms with Crippen molar-refractivity contribution in [2.24, 2.45) is 0 Å². The third-order valence-electron chi connectivity index (χ3n) is 6.40. The van der Waals surface area contributed by atoms with E-state index < -0.39 is 0 Å². The van der Waals surface area contributed by atoms with E-state index in [1.807, 2.05) is 48.5 Å². The van der Waals surface area contributed by atoms with Gasteiger partial charge in [-0.1, -0.05) is 103 Å². The Hall–Kier alpha value is -3.84. The maximum Gasteiger partial charge on any atom is 0.220 e. The van der Waals surface area contributed by atoms with Gasteiger partial charge in [0.25, 0.3) is 0 Å². The molecule has 0 radical (unpaired) electrons. The summed E-state index contributed by atoms with van der Waals surface area (Å²) in [6, 6.07) is 28.6. The fourth-order valence-electron chi connectivity index (χ4n) is 4.29. The number of methoxy groups -OCH3 is 1. The van der Waals surface area contributed by atoms with Gasteiger partial charge in [0.05, 0.1) is 7.11 Å². The zero-order valence-corrected chi connectivity index (χ0v) is 23.3. The quantitative estimate of drug-likeness (QED) is 0.140. The van der Waals surface area contributed by atoms with Crippen LogP contribution in [0.3, 0.4) is 0 Å². The molecule has 0 atom stereocenters. The van der Waals surface area contributed by atoms with Gasteiger partial charge >= 0.3 is 0 Å². The van der Waals surface area contributed by atoms with Crippen molar-refractivity contribution in [3.63, 3.8) is 0 Å². The molecule has 0 spiro atoms. The molecule has 0 aliphatic heterocycles. The third kappa shape index (κ3) is 9.14. The maximum atomic E-state index is 12.4. The fraction of sp³-hybridized carbons (Fsp3) is 0.281. The van der Waals surface area contributed by atoms with Gasteiger partial charge in [0.1, 0.15) is 11.6 Å². The van der Waals surface area contributed by atoms with E-state index in [-0.39, 0.29) is 5.91 Å². The van der Waals surface area contributed by atoms with E-state index in [1.165, 1.54) is 11.1 Å². The monoisotopic (exact) mass is 540 g/mol. The van der Waals surface area contributed by atoms with Crippen LogP contribution in [-0.4, -0.2) is 33.5 Å². The first-order valence-electron chi connectivity index (χ1n) is 13.4. The van der Waals surface area contributed by atoms with E-state index >= 15 is 0 Å². The van der Waals surface area contributed by atoms with Crippen molar-refractivity contribution < 1.29 is 9.53 Å². The van der Waals surface area contributed by atoms with Crippen LogP contribution in [-0.2, 0) is 30.7 Å². The van der Waals surface area contributed by atoms with Crippen LogP contribution >= 0.6 is 11.8 Å². The first kappa shape index (κ1) is 28.2. The maximum absolute atomic E-state index is 12.4. The highest BCUT2D eigenvalue weighted by Gasteiger charge is 2.13. The van der Waals surface area contributed by atoms with E-state index in [4.69, 9.17) is 4.74 Å². The van der Waals surface area contributed by atoms with Gasteiger partial charge in [-0.3, -0.25) is 4.79 Å². The molecule has 0 aliphatic rings. The molecule has 1 N–H and O–H groups in total. The molecule has 0 aliphatic carbocycles. The number of hydrogen-bond donors (Lipinski definition) is 1. The second-order valence-corrected chi connectivity index (χ2v) is 10.2. The summed E-state index contributed by atoms with van der Waals surface area (Å²) in [6.07, 6.45) is 8.18. The highest BCUT2D eigenvalue weighted by molar-refractivity contribution is 7.99. The van der Waals surface area contributed by atoms with Crippen molar-refractivity contribution in [1.29, 1.82) is 0 Å². The van der Waals surface area contributed by atoms with Crippen LogP contribution in [0.2, 0.25) is 0 Å². The molecule has 4 rings (SSSR count). The molecule has 3 aromatic carbocycles. The van der Waals surface area contributed by atoms with Crippen LogP contribution in [0.1, 0.15) is 41.8 Å². The molecule has 0 fully saturated rings. The van der Waals surface area contributed by atoms with E-state index in [1.54, 1.807) is 18.9 Å². The molecule has 6 nitrogen and oxygen atoms in total. The van der Waals surface area contributed by atoms with Crippen LogP contribution in [0.4, 0.5) is 0 Å². The average molecular weight is 541 g/mol. The highest BCUT2D eigenvalue weighted by Crippen LogP contribution is 2.20. The number of carbonyl (C=O) groups excluding carboxylic acids is 1. The van der Waals surface area contributed by atoms with Gasteiger partial charge in [-0.05, 0) is 36.5 Å². The Kier molecular flexibility index (Phi) is 11.2. The summed E-state index contributed by atoms with van der Waals surface area (Å²) < 4.78 is 7.61. The lowest BCUT2D eigenvalue weighted by atomic mass is 10.1. The van der Waals surface area contributed by atoms with Crippen molar-refractivity contribution in [2.45, 2.75) is 50.4 Å². The summed E-state index contributed by atoms with van der Waals surface area (Å²) >= 11 is 1.70. The molecular weight excluding hydrogens is 504 g/mol. The van der Waals surface area contributed by atoms with Crippen LogP contribution in [0.25, 0.3) is 6.08 Å². The number of nitrogens with one attached hydrogen (secondary N) is 1. The summed E-state index contributed by atoms with van der Waals surface area (Å²) in [7, 11) is 1.64. The number of aromatic nitrogens is 3. The lowest BCUT2D eigenvalue weighted by molar-refractivity contribution is -0.121. The Labute approximate surface area is 235 Å². The molecule has 0 saturated heterocycles. The van der Waals surface area contributed by atoms with E-state index in [2.05, 4.69) is 68.6 Å². The molecule has 0 unspecified atom stereocenters. The number of carbonyl (C=O) groups is 1. The topological polar surface area (TPSA) is 69.0 Å². The highest BCUT2D eigenvalue weighted by atomic mass is 32.2. The fourth-order valence-corrected chi connectivity index (χ4v) is 5.08. The molecule has 1 heterocycles. The number of nitrogens with zero attached hydrogens (tertiary/aromatic N) is 3. The van der Waals surface area contributed by atoms with Crippen LogP contribution in [0.15, 0.2) is 96.2 Å². The average Bonchev–Trinajstić information content (AvgIpc) is 3.37. The molecule has 4 aromatic rings. The minimum Gasteiger partial charge on any atom is -0.496 e. The zero-order chi connectivity index (χ0) is 27.1. The van der Waals surface area contributed by atoms with Crippen LogP contribution in [0.5, 0.6) is 5.75 Å². The number of ether oxygens (including phenoxy) is 1. The Balaban J connectivity index is 1.29. The first-order valence-corrected chi connectivity index (χ1v) is 14.4. The van der Waals surface area contributed by atoms with Gasteiger partial charge in [0.2, 0.25) is 5.91 Å². The number of benzene rings is 3. The zero-order valence-electron chi connectivity index (χ0n) is 22.5. The standard InChI is InChI=1S/C32H36N4O2S/c1-38-29-19-9-8-18-28(29)25-33-31(37)21-11-10-20-30-34-35-32(36(30)23-22-27-15-6-3-7-16-27)39-24-12-17-26-13-4-2-5-14-26/h2-9,12-19H,10-11,20-25H2,1H3,(H,33,37)/b17-12+. The SMILES string of the molecule is COc1ccccc1CNC(=O)CCCCc1nnc(SC/C=C/c2ccccc2)n1CCc1ccccc1. The van der Waals surface area contributed by atoms with Gasteiger partial charge in [-0.2, -0.15) is 0 Å². The van der Waals surface area contributed by atoms with E-state index in [9.17, 15) is 4.79 Å². The second-order valence-electron chi connectivity index (χ2n) is 9.21. The second kappa shape index (κ2) is 15.5. The van der Waals surface area contributed by atoms with Crippen molar-refractivity contribution in [3.05, 3.63) is 114 Å². The molecule has 0 saturated carbocycles. The van der Waals surface area contributed by atoms with Gasteiger partial charge in [-0.15, -0.1) is 10.2 Å². The van der Waals surface area contributed by atoms with Gasteiger partial charge in [0, 0.05) is 37.2 Å². The molecule has 1 amide bonds. The van der Waals surface area contributed by atoms with Gasteiger partial charge in [0.15, 0.2) is 5.16 Å². The number of unbranched alkanes of at least 4 members (excludes halogenated alkanes) is 1. The van der Waals surface area contributed by atoms with Crippen molar-refractivity contribution in [1.82, 2.24) is 20.1 Å². The van der Waals surface area contributed by atoms with Crippen LogP contribution in [0, 0.1) is 0 Å². The summed E-state index contributed by atoms with van der Waals surface area (Å²) in [5, 5.41) is 13.0. The normalized spacial score (nSPS) is 11.1. The largest absolute Gasteiger partial charge is 0.496 e. The molecule has 0 bridgehead atoms. The third-order valence-corrected chi connectivity index (χ3v) is 7.32. The Morgan fingerprint density at radius 1 is 0.923 bits per heavy atom. The minimum atomic E-state index is 0.0490. The lowest BCUT2D eigenvalue weighted by Gasteiger charge is -2.11. The summed E-state index contributed by atoms with van der Waals surface area (Å²) in [5.74, 6) is 2.64. The Morgan fingerprint density at radius 3 is 2.46 bits per heavy atom. The number of para-hydroxylation sites is 1. The minimum absolute atomic E-state index is 0.0490. The number of aryl methyl sites for hydroxylation is 2. The summed E-state index contributed by atoms with van der Waals surface area (Å²) in [6.45, 7) is 1.30. The lowest BCUT2D eigenvalue weighted by Crippen LogP contribution is -2.22. The predicted molar refractivity (Wildman–Crippen MR) is 159 cm³/mol. The van der Waals surface area contributed by atoms with Crippen molar-refractivity contribution in [3.8, 4) is 5.75 Å². The van der Waals surface area contributed by atoms with Gasteiger partial charge < -0.3 is 14.6 Å². The number of rotatable bonds is 15. The number of amides is 1. The molecular formula is C32H36N4O2S. The Morgan fingerprint density at radius 2 is 1.67 bits per heavy atom. The molecule has 39 heavy (non-hydrogen) atoms.